The molecule has 5 heteroatoms. The maximum absolute atomic E-state index is 5.81. The van der Waals surface area contributed by atoms with Crippen LogP contribution in [0.4, 0.5) is 0 Å². The molecular formula is C9H17Cl3O2. The minimum atomic E-state index is -1.61. The molecule has 2 nitrogen and oxygen atoms in total. The van der Waals surface area contributed by atoms with Crippen LogP contribution in [-0.2, 0) is 9.47 Å². The summed E-state index contributed by atoms with van der Waals surface area (Å²) in [5, 5.41) is 0. The number of rotatable bonds is 4. The SMILES string of the molecule is CC(C)OC(C)(OC(C)C)C(Cl)(Cl)Cl. The van der Waals surface area contributed by atoms with Crippen LogP contribution in [0.2, 0.25) is 0 Å². The maximum Gasteiger partial charge on any atom is 0.243 e. The Balaban J connectivity index is 4.67. The summed E-state index contributed by atoms with van der Waals surface area (Å²) in [6.45, 7) is 9.06. The summed E-state index contributed by atoms with van der Waals surface area (Å²) in [6.07, 6.45) is -0.149. The Hall–Kier alpha value is 0.790. The number of hydrogen-bond acceptors (Lipinski definition) is 2. The van der Waals surface area contributed by atoms with Crippen molar-refractivity contribution in [3.63, 3.8) is 0 Å². The molecule has 0 radical (unpaired) electrons. The van der Waals surface area contributed by atoms with Crippen molar-refractivity contribution in [3.8, 4) is 0 Å². The third kappa shape index (κ3) is 4.54. The smallest absolute Gasteiger partial charge is 0.243 e. The Labute approximate surface area is 101 Å². The van der Waals surface area contributed by atoms with Crippen molar-refractivity contribution in [2.75, 3.05) is 0 Å². The topological polar surface area (TPSA) is 18.5 Å². The van der Waals surface area contributed by atoms with Crippen LogP contribution in [0, 0.1) is 0 Å². The summed E-state index contributed by atoms with van der Waals surface area (Å²) in [4.78, 5) is 0. The predicted octanol–water partition coefficient (Wildman–Crippen LogP) is 3.92. The van der Waals surface area contributed by atoms with Gasteiger partial charge in [0.25, 0.3) is 0 Å². The fraction of sp³-hybridized carbons (Fsp3) is 1.00. The molecule has 0 atom stereocenters. The van der Waals surface area contributed by atoms with Crippen LogP contribution in [0.3, 0.4) is 0 Å². The summed E-state index contributed by atoms with van der Waals surface area (Å²) in [5.74, 6) is -1.22. The zero-order valence-corrected chi connectivity index (χ0v) is 11.4. The molecule has 0 saturated heterocycles. The molecule has 0 aromatic carbocycles. The van der Waals surface area contributed by atoms with Gasteiger partial charge >= 0.3 is 0 Å². The van der Waals surface area contributed by atoms with Crippen molar-refractivity contribution in [1.82, 2.24) is 0 Å². The lowest BCUT2D eigenvalue weighted by atomic mass is 10.3. The van der Waals surface area contributed by atoms with Gasteiger partial charge in [-0.15, -0.1) is 0 Å². The molecule has 0 bridgehead atoms. The molecule has 0 rings (SSSR count). The third-order valence-corrected chi connectivity index (χ3v) is 2.47. The van der Waals surface area contributed by atoms with Crippen LogP contribution in [0.25, 0.3) is 0 Å². The zero-order chi connectivity index (χ0) is 11.6. The van der Waals surface area contributed by atoms with E-state index in [1.807, 2.05) is 27.7 Å². The normalized spacial score (nSPS) is 14.1. The third-order valence-electron chi connectivity index (χ3n) is 1.44. The second-order valence-corrected chi connectivity index (χ2v) is 6.06. The monoisotopic (exact) mass is 262 g/mol. The fourth-order valence-electron chi connectivity index (χ4n) is 1.06. The lowest BCUT2D eigenvalue weighted by Gasteiger charge is -2.38. The first-order chi connectivity index (χ1) is 6.08. The first kappa shape index (κ1) is 14.8. The van der Waals surface area contributed by atoms with Gasteiger partial charge in [0.05, 0.1) is 12.2 Å². The highest BCUT2D eigenvalue weighted by atomic mass is 35.6. The molecule has 0 fully saturated rings. The van der Waals surface area contributed by atoms with Gasteiger partial charge in [-0.2, -0.15) is 0 Å². The number of alkyl halides is 3. The van der Waals surface area contributed by atoms with E-state index in [0.717, 1.165) is 0 Å². The fourth-order valence-corrected chi connectivity index (χ4v) is 1.33. The molecule has 0 spiro atoms. The van der Waals surface area contributed by atoms with Crippen molar-refractivity contribution < 1.29 is 9.47 Å². The first-order valence-corrected chi connectivity index (χ1v) is 5.64. The number of hydrogen-bond donors (Lipinski definition) is 0. The highest BCUT2D eigenvalue weighted by molar-refractivity contribution is 6.68. The highest BCUT2D eigenvalue weighted by Crippen LogP contribution is 2.42. The van der Waals surface area contributed by atoms with E-state index in [0.29, 0.717) is 0 Å². The second kappa shape index (κ2) is 5.22. The summed E-state index contributed by atoms with van der Waals surface area (Å²) in [6, 6.07) is 0. The maximum atomic E-state index is 5.81. The van der Waals surface area contributed by atoms with Crippen molar-refractivity contribution in [2.45, 2.75) is 56.4 Å². The average molecular weight is 264 g/mol. The van der Waals surface area contributed by atoms with Gasteiger partial charge in [0.2, 0.25) is 9.58 Å². The Morgan fingerprint density at radius 2 is 1.14 bits per heavy atom. The molecule has 0 N–H and O–H groups in total. The first-order valence-electron chi connectivity index (χ1n) is 4.51. The van der Waals surface area contributed by atoms with E-state index in [1.165, 1.54) is 0 Å². The molecule has 86 valence electrons. The van der Waals surface area contributed by atoms with Gasteiger partial charge in [-0.3, -0.25) is 0 Å². The van der Waals surface area contributed by atoms with Gasteiger partial charge in [0.15, 0.2) is 0 Å². The number of halogens is 3. The van der Waals surface area contributed by atoms with Crippen molar-refractivity contribution in [2.24, 2.45) is 0 Å². The standard InChI is InChI=1S/C9H17Cl3O2/c1-6(2)13-8(5,9(10,11)12)14-7(3)4/h6-7H,1-5H3. The Kier molecular flexibility index (Phi) is 5.51. The lowest BCUT2D eigenvalue weighted by Crippen LogP contribution is -2.48. The minimum Gasteiger partial charge on any atom is -0.344 e. The van der Waals surface area contributed by atoms with Crippen LogP contribution in [0.15, 0.2) is 0 Å². The highest BCUT2D eigenvalue weighted by Gasteiger charge is 2.48. The molecule has 0 unspecified atom stereocenters. The van der Waals surface area contributed by atoms with Gasteiger partial charge in [0, 0.05) is 0 Å². The minimum absolute atomic E-state index is 0.0747. The van der Waals surface area contributed by atoms with Crippen LogP contribution in [-0.4, -0.2) is 21.8 Å². The number of ether oxygens (including phenoxy) is 2. The Morgan fingerprint density at radius 1 is 0.857 bits per heavy atom. The molecule has 0 aromatic heterocycles. The van der Waals surface area contributed by atoms with E-state index in [2.05, 4.69) is 0 Å². The molecule has 0 aromatic rings. The Morgan fingerprint density at radius 3 is 1.29 bits per heavy atom. The van der Waals surface area contributed by atoms with E-state index < -0.39 is 9.58 Å². The molecule has 0 amide bonds. The van der Waals surface area contributed by atoms with Gasteiger partial charge in [-0.1, -0.05) is 34.8 Å². The van der Waals surface area contributed by atoms with Gasteiger partial charge < -0.3 is 9.47 Å². The van der Waals surface area contributed by atoms with Gasteiger partial charge in [0.1, 0.15) is 0 Å². The van der Waals surface area contributed by atoms with Crippen molar-refractivity contribution >= 4 is 34.8 Å². The van der Waals surface area contributed by atoms with Crippen LogP contribution < -0.4 is 0 Å². The van der Waals surface area contributed by atoms with Crippen LogP contribution in [0.5, 0.6) is 0 Å². The summed E-state index contributed by atoms with van der Waals surface area (Å²) < 4.78 is 9.38. The molecule has 0 saturated carbocycles. The summed E-state index contributed by atoms with van der Waals surface area (Å²) in [5.41, 5.74) is 0. The van der Waals surface area contributed by atoms with Crippen LogP contribution >= 0.6 is 34.8 Å². The second-order valence-electron chi connectivity index (χ2n) is 3.78. The molecule has 0 aliphatic heterocycles. The molecule has 0 heterocycles. The van der Waals surface area contributed by atoms with E-state index >= 15 is 0 Å². The van der Waals surface area contributed by atoms with Gasteiger partial charge in [-0.25, -0.2) is 0 Å². The van der Waals surface area contributed by atoms with E-state index in [-0.39, 0.29) is 12.2 Å². The molecule has 0 aliphatic rings. The zero-order valence-electron chi connectivity index (χ0n) is 9.11. The van der Waals surface area contributed by atoms with E-state index in [9.17, 15) is 0 Å². The largest absolute Gasteiger partial charge is 0.344 e. The van der Waals surface area contributed by atoms with Gasteiger partial charge in [-0.05, 0) is 34.6 Å². The quantitative estimate of drug-likeness (QED) is 0.565. The Bertz CT molecular complexity index is 165. The summed E-state index contributed by atoms with van der Waals surface area (Å²) >= 11 is 17.4. The average Bonchev–Trinajstić information content (AvgIpc) is 1.78. The van der Waals surface area contributed by atoms with E-state index in [1.54, 1.807) is 6.92 Å². The molecule has 0 aliphatic carbocycles. The summed E-state index contributed by atoms with van der Waals surface area (Å²) in [7, 11) is 0. The predicted molar refractivity (Wildman–Crippen MR) is 61.1 cm³/mol. The van der Waals surface area contributed by atoms with E-state index in [4.69, 9.17) is 44.3 Å². The van der Waals surface area contributed by atoms with Crippen LogP contribution in [0.1, 0.15) is 34.6 Å². The van der Waals surface area contributed by atoms with Crippen molar-refractivity contribution in [3.05, 3.63) is 0 Å². The van der Waals surface area contributed by atoms with Crippen molar-refractivity contribution in [1.29, 1.82) is 0 Å². The molecular weight excluding hydrogens is 246 g/mol. The lowest BCUT2D eigenvalue weighted by molar-refractivity contribution is -0.255. The molecule has 14 heavy (non-hydrogen) atoms.